The second-order valence-electron chi connectivity index (χ2n) is 6.68. The van der Waals surface area contributed by atoms with E-state index in [4.69, 9.17) is 4.74 Å². The maximum Gasteiger partial charge on any atom is 0.254 e. The van der Waals surface area contributed by atoms with Crippen molar-refractivity contribution < 1.29 is 9.53 Å². The first kappa shape index (κ1) is 19.1. The molecule has 3 rings (SSSR count). The highest BCUT2D eigenvalue weighted by Gasteiger charge is 2.20. The first-order valence-corrected chi connectivity index (χ1v) is 9.90. The third-order valence-corrected chi connectivity index (χ3v) is 5.15. The van der Waals surface area contributed by atoms with Crippen LogP contribution < -0.4 is 4.74 Å². The molecule has 0 aliphatic rings. The van der Waals surface area contributed by atoms with Crippen LogP contribution in [-0.4, -0.2) is 21.8 Å². The summed E-state index contributed by atoms with van der Waals surface area (Å²) in [7, 11) is 0. The molecule has 27 heavy (non-hydrogen) atoms. The SMILES string of the molecule is Cc1ccccc1OCc1nc(CN(C(=O)c2ccccc2)C(C)C)cs1. The monoisotopic (exact) mass is 380 g/mol. The normalized spacial score (nSPS) is 10.8. The number of carbonyl (C=O) groups is 1. The van der Waals surface area contributed by atoms with Crippen molar-refractivity contribution in [3.8, 4) is 5.75 Å². The Hall–Kier alpha value is -2.66. The molecular formula is C22H24N2O2S. The van der Waals surface area contributed by atoms with Crippen LogP contribution in [0.15, 0.2) is 60.0 Å². The van der Waals surface area contributed by atoms with E-state index >= 15 is 0 Å². The van der Waals surface area contributed by atoms with Crippen molar-refractivity contribution >= 4 is 17.2 Å². The Kier molecular flexibility index (Phi) is 6.24. The number of thiazole rings is 1. The fourth-order valence-corrected chi connectivity index (χ4v) is 3.45. The number of nitrogens with zero attached hydrogens (tertiary/aromatic N) is 2. The maximum absolute atomic E-state index is 12.8. The molecule has 4 nitrogen and oxygen atoms in total. The Morgan fingerprint density at radius 2 is 1.81 bits per heavy atom. The fraction of sp³-hybridized carbons (Fsp3) is 0.273. The number of carbonyl (C=O) groups excluding carboxylic acids is 1. The number of ether oxygens (including phenoxy) is 1. The second kappa shape index (κ2) is 8.82. The summed E-state index contributed by atoms with van der Waals surface area (Å²) in [6, 6.07) is 17.4. The Balaban J connectivity index is 1.66. The molecule has 5 heteroatoms. The van der Waals surface area contributed by atoms with E-state index in [1.54, 1.807) is 11.3 Å². The molecule has 0 N–H and O–H groups in total. The molecule has 1 amide bonds. The Labute approximate surface area is 164 Å². The largest absolute Gasteiger partial charge is 0.486 e. The first-order chi connectivity index (χ1) is 13.0. The minimum atomic E-state index is 0.0244. The lowest BCUT2D eigenvalue weighted by Gasteiger charge is -2.26. The highest BCUT2D eigenvalue weighted by molar-refractivity contribution is 7.09. The quantitative estimate of drug-likeness (QED) is 0.574. The molecule has 0 aliphatic carbocycles. The summed E-state index contributed by atoms with van der Waals surface area (Å²) in [5.74, 6) is 0.897. The first-order valence-electron chi connectivity index (χ1n) is 9.02. The van der Waals surface area contributed by atoms with E-state index < -0.39 is 0 Å². The smallest absolute Gasteiger partial charge is 0.254 e. The number of hydrogen-bond donors (Lipinski definition) is 0. The van der Waals surface area contributed by atoms with Gasteiger partial charge < -0.3 is 9.64 Å². The van der Waals surface area contributed by atoms with Crippen LogP contribution in [0.4, 0.5) is 0 Å². The molecule has 0 atom stereocenters. The predicted octanol–water partition coefficient (Wildman–Crippen LogP) is 5.08. The Bertz CT molecular complexity index is 890. The summed E-state index contributed by atoms with van der Waals surface area (Å²) in [5.41, 5.74) is 2.69. The summed E-state index contributed by atoms with van der Waals surface area (Å²) < 4.78 is 5.87. The van der Waals surface area contributed by atoms with Crippen LogP contribution in [0.2, 0.25) is 0 Å². The molecule has 0 aliphatic heterocycles. The summed E-state index contributed by atoms with van der Waals surface area (Å²) >= 11 is 1.56. The van der Waals surface area contributed by atoms with Gasteiger partial charge in [-0.2, -0.15) is 0 Å². The molecule has 0 spiro atoms. The van der Waals surface area contributed by atoms with Crippen LogP contribution >= 0.6 is 11.3 Å². The summed E-state index contributed by atoms with van der Waals surface area (Å²) in [6.07, 6.45) is 0. The number of hydrogen-bond acceptors (Lipinski definition) is 4. The lowest BCUT2D eigenvalue weighted by molar-refractivity contribution is 0.0688. The van der Waals surface area contributed by atoms with E-state index in [9.17, 15) is 4.79 Å². The van der Waals surface area contributed by atoms with E-state index in [-0.39, 0.29) is 11.9 Å². The fourth-order valence-electron chi connectivity index (χ4n) is 2.76. The van der Waals surface area contributed by atoms with Crippen molar-refractivity contribution in [3.63, 3.8) is 0 Å². The third-order valence-electron chi connectivity index (χ3n) is 4.28. The van der Waals surface area contributed by atoms with Crippen molar-refractivity contribution in [2.24, 2.45) is 0 Å². The van der Waals surface area contributed by atoms with Gasteiger partial charge in [0.2, 0.25) is 0 Å². The Morgan fingerprint density at radius 1 is 1.11 bits per heavy atom. The molecule has 0 fully saturated rings. The molecule has 1 aromatic heterocycles. The van der Waals surface area contributed by atoms with Gasteiger partial charge in [-0.1, -0.05) is 36.4 Å². The van der Waals surface area contributed by atoms with Crippen LogP contribution in [0.3, 0.4) is 0 Å². The number of benzene rings is 2. The predicted molar refractivity (Wildman–Crippen MR) is 109 cm³/mol. The third kappa shape index (κ3) is 4.95. The van der Waals surface area contributed by atoms with Crippen molar-refractivity contribution in [2.45, 2.75) is 40.0 Å². The van der Waals surface area contributed by atoms with Crippen molar-refractivity contribution in [1.82, 2.24) is 9.88 Å². The number of aryl methyl sites for hydroxylation is 1. The average molecular weight is 381 g/mol. The van der Waals surface area contributed by atoms with Gasteiger partial charge in [0.05, 0.1) is 12.2 Å². The summed E-state index contributed by atoms with van der Waals surface area (Å²) in [5, 5.41) is 2.91. The minimum absolute atomic E-state index is 0.0244. The van der Waals surface area contributed by atoms with E-state index in [1.807, 2.05) is 85.6 Å². The van der Waals surface area contributed by atoms with E-state index in [2.05, 4.69) is 4.98 Å². The van der Waals surface area contributed by atoms with Crippen molar-refractivity contribution in [3.05, 3.63) is 81.8 Å². The zero-order chi connectivity index (χ0) is 19.2. The summed E-state index contributed by atoms with van der Waals surface area (Å²) in [4.78, 5) is 19.3. The Morgan fingerprint density at radius 3 is 2.52 bits per heavy atom. The molecule has 140 valence electrons. The highest BCUT2D eigenvalue weighted by atomic mass is 32.1. The number of rotatable bonds is 7. The molecule has 1 heterocycles. The van der Waals surface area contributed by atoms with Gasteiger partial charge in [-0.3, -0.25) is 4.79 Å². The van der Waals surface area contributed by atoms with Crippen LogP contribution in [0.25, 0.3) is 0 Å². The van der Waals surface area contributed by atoms with Crippen LogP contribution in [-0.2, 0) is 13.2 Å². The molecule has 0 bridgehead atoms. The van der Waals surface area contributed by atoms with Crippen molar-refractivity contribution in [2.75, 3.05) is 0 Å². The van der Waals surface area contributed by atoms with Crippen molar-refractivity contribution in [1.29, 1.82) is 0 Å². The van der Waals surface area contributed by atoms with Gasteiger partial charge in [-0.05, 0) is 44.5 Å². The zero-order valence-electron chi connectivity index (χ0n) is 15.9. The van der Waals surface area contributed by atoms with E-state index in [0.29, 0.717) is 18.7 Å². The number of amides is 1. The minimum Gasteiger partial charge on any atom is -0.486 e. The molecule has 0 saturated carbocycles. The van der Waals surface area contributed by atoms with Gasteiger partial charge in [0.25, 0.3) is 5.91 Å². The lowest BCUT2D eigenvalue weighted by Crippen LogP contribution is -2.36. The summed E-state index contributed by atoms with van der Waals surface area (Å²) in [6.45, 7) is 7.00. The number of para-hydroxylation sites is 1. The standard InChI is InChI=1S/C22H24N2O2S/c1-16(2)24(22(25)18-10-5-4-6-11-18)13-19-15-27-21(23-19)14-26-20-12-8-7-9-17(20)3/h4-12,15-16H,13-14H2,1-3H3. The topological polar surface area (TPSA) is 42.4 Å². The second-order valence-corrected chi connectivity index (χ2v) is 7.62. The van der Waals surface area contributed by atoms with Crippen LogP contribution in [0, 0.1) is 6.92 Å². The van der Waals surface area contributed by atoms with E-state index in [0.717, 1.165) is 22.0 Å². The van der Waals surface area contributed by atoms with Gasteiger partial charge in [0, 0.05) is 17.0 Å². The van der Waals surface area contributed by atoms with E-state index in [1.165, 1.54) is 0 Å². The van der Waals surface area contributed by atoms with Crippen LogP contribution in [0.1, 0.15) is 40.5 Å². The van der Waals surface area contributed by atoms with Gasteiger partial charge in [0.15, 0.2) is 0 Å². The molecule has 0 radical (unpaired) electrons. The van der Waals surface area contributed by atoms with Gasteiger partial charge in [-0.15, -0.1) is 11.3 Å². The molecule has 0 saturated heterocycles. The average Bonchev–Trinajstić information content (AvgIpc) is 3.13. The lowest BCUT2D eigenvalue weighted by atomic mass is 10.1. The van der Waals surface area contributed by atoms with Gasteiger partial charge >= 0.3 is 0 Å². The van der Waals surface area contributed by atoms with Gasteiger partial charge in [-0.25, -0.2) is 4.98 Å². The maximum atomic E-state index is 12.8. The molecular weight excluding hydrogens is 356 g/mol. The van der Waals surface area contributed by atoms with Gasteiger partial charge in [0.1, 0.15) is 17.4 Å². The molecule has 0 unspecified atom stereocenters. The molecule has 2 aromatic carbocycles. The molecule has 3 aromatic rings. The zero-order valence-corrected chi connectivity index (χ0v) is 16.7. The number of aromatic nitrogens is 1. The highest BCUT2D eigenvalue weighted by Crippen LogP contribution is 2.20. The van der Waals surface area contributed by atoms with Crippen LogP contribution in [0.5, 0.6) is 5.75 Å².